The fraction of sp³-hybridized carbons (Fsp3) is 0.846. The minimum absolute atomic E-state index is 0.138. The average molecular weight is 258 g/mol. The molecule has 0 aromatic heterocycles. The average Bonchev–Trinajstić information content (AvgIpc) is 2.27. The molecule has 0 radical (unpaired) electrons. The predicted molar refractivity (Wildman–Crippen MR) is 71.2 cm³/mol. The summed E-state index contributed by atoms with van der Waals surface area (Å²) in [6, 6.07) is 0. The van der Waals surface area contributed by atoms with Crippen LogP contribution in [-0.4, -0.2) is 29.1 Å². The van der Waals surface area contributed by atoms with Crippen LogP contribution < -0.4 is 11.1 Å². The van der Waals surface area contributed by atoms with Crippen molar-refractivity contribution in [1.29, 1.82) is 0 Å². The molecule has 0 aliphatic carbocycles. The second-order valence-electron chi connectivity index (χ2n) is 5.56. The largest absolute Gasteiger partial charge is 0.481 e. The van der Waals surface area contributed by atoms with E-state index in [-0.39, 0.29) is 18.0 Å². The SMILES string of the molecule is CCC(CC)(CNC(=O)CCC(C)(C)N)C(=O)O. The number of amides is 1. The van der Waals surface area contributed by atoms with Gasteiger partial charge in [0.15, 0.2) is 0 Å². The molecule has 0 aliphatic heterocycles. The van der Waals surface area contributed by atoms with E-state index in [1.807, 2.05) is 27.7 Å². The Morgan fingerprint density at radius 2 is 1.72 bits per heavy atom. The Morgan fingerprint density at radius 3 is 2.06 bits per heavy atom. The van der Waals surface area contributed by atoms with Gasteiger partial charge in [-0.3, -0.25) is 9.59 Å². The van der Waals surface area contributed by atoms with E-state index in [0.717, 1.165) is 0 Å². The first-order valence-corrected chi connectivity index (χ1v) is 6.46. The monoisotopic (exact) mass is 258 g/mol. The molecule has 0 bridgehead atoms. The number of carboxylic acids is 1. The molecule has 0 aliphatic rings. The van der Waals surface area contributed by atoms with Gasteiger partial charge in [-0.05, 0) is 33.1 Å². The number of hydrogen-bond donors (Lipinski definition) is 3. The quantitative estimate of drug-likeness (QED) is 0.615. The zero-order valence-corrected chi connectivity index (χ0v) is 11.9. The summed E-state index contributed by atoms with van der Waals surface area (Å²) in [6.07, 6.45) is 1.91. The van der Waals surface area contributed by atoms with Crippen LogP contribution in [0.15, 0.2) is 0 Å². The molecule has 0 unspecified atom stereocenters. The highest BCUT2D eigenvalue weighted by atomic mass is 16.4. The van der Waals surface area contributed by atoms with Crippen molar-refractivity contribution in [2.24, 2.45) is 11.1 Å². The van der Waals surface area contributed by atoms with Crippen LogP contribution in [-0.2, 0) is 9.59 Å². The lowest BCUT2D eigenvalue weighted by Crippen LogP contribution is -2.43. The standard InChI is InChI=1S/C13H26N2O3/c1-5-13(6-2,11(17)18)9-15-10(16)7-8-12(3,4)14/h5-9,14H2,1-4H3,(H,15,16)(H,17,18). The third-order valence-electron chi connectivity index (χ3n) is 3.43. The molecule has 0 saturated heterocycles. The fourth-order valence-electron chi connectivity index (χ4n) is 1.67. The lowest BCUT2D eigenvalue weighted by Gasteiger charge is -2.27. The van der Waals surface area contributed by atoms with Crippen LogP contribution in [0.3, 0.4) is 0 Å². The first kappa shape index (κ1) is 16.9. The highest BCUT2D eigenvalue weighted by molar-refractivity contribution is 5.79. The Morgan fingerprint density at radius 1 is 1.22 bits per heavy atom. The molecule has 0 heterocycles. The summed E-state index contributed by atoms with van der Waals surface area (Å²) in [5.74, 6) is -0.993. The lowest BCUT2D eigenvalue weighted by molar-refractivity contribution is -0.149. The fourth-order valence-corrected chi connectivity index (χ4v) is 1.67. The van der Waals surface area contributed by atoms with Crippen molar-refractivity contribution < 1.29 is 14.7 Å². The van der Waals surface area contributed by atoms with E-state index in [9.17, 15) is 14.7 Å². The van der Waals surface area contributed by atoms with Crippen molar-refractivity contribution >= 4 is 11.9 Å². The molecule has 0 saturated carbocycles. The van der Waals surface area contributed by atoms with E-state index in [1.165, 1.54) is 0 Å². The van der Waals surface area contributed by atoms with Gasteiger partial charge < -0.3 is 16.2 Å². The molecule has 0 atom stereocenters. The van der Waals surface area contributed by atoms with Crippen LogP contribution in [0.5, 0.6) is 0 Å². The van der Waals surface area contributed by atoms with E-state index in [1.54, 1.807) is 0 Å². The number of carbonyl (C=O) groups excluding carboxylic acids is 1. The Kier molecular flexibility index (Phi) is 6.32. The van der Waals surface area contributed by atoms with Crippen molar-refractivity contribution in [3.05, 3.63) is 0 Å². The highest BCUT2D eigenvalue weighted by Crippen LogP contribution is 2.25. The summed E-state index contributed by atoms with van der Waals surface area (Å²) in [7, 11) is 0. The van der Waals surface area contributed by atoms with Gasteiger partial charge in [-0.15, -0.1) is 0 Å². The number of aliphatic carboxylic acids is 1. The second kappa shape index (κ2) is 6.73. The lowest BCUT2D eigenvalue weighted by atomic mass is 9.82. The predicted octanol–water partition coefficient (Wildman–Crippen LogP) is 1.51. The summed E-state index contributed by atoms with van der Waals surface area (Å²) in [5.41, 5.74) is 4.56. The van der Waals surface area contributed by atoms with E-state index >= 15 is 0 Å². The third kappa shape index (κ3) is 5.49. The van der Waals surface area contributed by atoms with Crippen LogP contribution >= 0.6 is 0 Å². The molecule has 0 aromatic rings. The number of nitrogens with one attached hydrogen (secondary N) is 1. The molecule has 0 spiro atoms. The molecule has 0 fully saturated rings. The zero-order valence-electron chi connectivity index (χ0n) is 11.9. The number of carboxylic acid groups (broad SMARTS) is 1. The van der Waals surface area contributed by atoms with Gasteiger partial charge in [0.2, 0.25) is 5.91 Å². The molecule has 0 aromatic carbocycles. The number of carbonyl (C=O) groups is 2. The molecule has 18 heavy (non-hydrogen) atoms. The maximum Gasteiger partial charge on any atom is 0.311 e. The van der Waals surface area contributed by atoms with Crippen LogP contribution in [0, 0.1) is 5.41 Å². The summed E-state index contributed by atoms with van der Waals surface area (Å²) < 4.78 is 0. The van der Waals surface area contributed by atoms with Gasteiger partial charge >= 0.3 is 5.97 Å². The molecule has 5 heteroatoms. The van der Waals surface area contributed by atoms with Crippen LogP contribution in [0.25, 0.3) is 0 Å². The molecule has 0 rings (SSSR count). The molecule has 5 nitrogen and oxygen atoms in total. The summed E-state index contributed by atoms with van der Waals surface area (Å²) in [5, 5.41) is 11.9. The normalized spacial score (nSPS) is 12.3. The molecule has 1 amide bonds. The highest BCUT2D eigenvalue weighted by Gasteiger charge is 2.35. The van der Waals surface area contributed by atoms with E-state index < -0.39 is 11.4 Å². The molecular weight excluding hydrogens is 232 g/mol. The molecule has 4 N–H and O–H groups in total. The second-order valence-corrected chi connectivity index (χ2v) is 5.56. The minimum Gasteiger partial charge on any atom is -0.481 e. The van der Waals surface area contributed by atoms with Crippen molar-refractivity contribution in [1.82, 2.24) is 5.32 Å². The van der Waals surface area contributed by atoms with Gasteiger partial charge in [0.1, 0.15) is 0 Å². The number of hydrogen-bond acceptors (Lipinski definition) is 3. The van der Waals surface area contributed by atoms with Crippen molar-refractivity contribution in [2.75, 3.05) is 6.54 Å². The Bertz CT molecular complexity index is 291. The van der Waals surface area contributed by atoms with Crippen molar-refractivity contribution in [2.45, 2.75) is 58.9 Å². The zero-order chi connectivity index (χ0) is 14.4. The van der Waals surface area contributed by atoms with Gasteiger partial charge in [-0.1, -0.05) is 13.8 Å². The Balaban J connectivity index is 4.29. The molecular formula is C13H26N2O3. The smallest absolute Gasteiger partial charge is 0.311 e. The Hall–Kier alpha value is -1.10. The third-order valence-corrected chi connectivity index (χ3v) is 3.43. The maximum absolute atomic E-state index is 11.6. The topological polar surface area (TPSA) is 92.4 Å². The van der Waals surface area contributed by atoms with Gasteiger partial charge in [-0.25, -0.2) is 0 Å². The number of nitrogens with two attached hydrogens (primary N) is 1. The van der Waals surface area contributed by atoms with Crippen LogP contribution in [0.4, 0.5) is 0 Å². The van der Waals surface area contributed by atoms with E-state index in [2.05, 4.69) is 5.32 Å². The summed E-state index contributed by atoms with van der Waals surface area (Å²) in [4.78, 5) is 22.9. The Labute approximate surface area is 109 Å². The van der Waals surface area contributed by atoms with Gasteiger partial charge in [0, 0.05) is 18.5 Å². The van der Waals surface area contributed by atoms with E-state index in [0.29, 0.717) is 25.7 Å². The first-order valence-electron chi connectivity index (χ1n) is 6.46. The van der Waals surface area contributed by atoms with E-state index in [4.69, 9.17) is 5.73 Å². The summed E-state index contributed by atoms with van der Waals surface area (Å²) >= 11 is 0. The minimum atomic E-state index is -0.855. The van der Waals surface area contributed by atoms with Crippen LogP contribution in [0.2, 0.25) is 0 Å². The van der Waals surface area contributed by atoms with Crippen LogP contribution in [0.1, 0.15) is 53.4 Å². The maximum atomic E-state index is 11.6. The van der Waals surface area contributed by atoms with Gasteiger partial charge in [-0.2, -0.15) is 0 Å². The molecule has 106 valence electrons. The first-order chi connectivity index (χ1) is 8.17. The van der Waals surface area contributed by atoms with Gasteiger partial charge in [0.05, 0.1) is 5.41 Å². The number of rotatable bonds is 8. The van der Waals surface area contributed by atoms with Gasteiger partial charge in [0.25, 0.3) is 0 Å². The van der Waals surface area contributed by atoms with Crippen molar-refractivity contribution in [3.63, 3.8) is 0 Å². The van der Waals surface area contributed by atoms with Crippen molar-refractivity contribution in [3.8, 4) is 0 Å². The summed E-state index contributed by atoms with van der Waals surface area (Å²) in [6.45, 7) is 7.55.